The summed E-state index contributed by atoms with van der Waals surface area (Å²) in [6.45, 7) is 4.72. The van der Waals surface area contributed by atoms with Gasteiger partial charge in [-0.05, 0) is 18.9 Å². The zero-order valence-electron chi connectivity index (χ0n) is 19.9. The second-order valence-corrected chi connectivity index (χ2v) is 8.18. The maximum atomic E-state index is 15.6. The first-order valence-electron chi connectivity index (χ1n) is 11.3. The van der Waals surface area contributed by atoms with Gasteiger partial charge < -0.3 is 23.7 Å². The number of benzene rings is 1. The van der Waals surface area contributed by atoms with Crippen molar-refractivity contribution in [2.45, 2.75) is 76.6 Å². The third-order valence-corrected chi connectivity index (χ3v) is 5.81. The Morgan fingerprint density at radius 3 is 2.44 bits per heavy atom. The first-order valence-corrected chi connectivity index (χ1v) is 11.3. The van der Waals surface area contributed by atoms with Gasteiger partial charge in [0.05, 0.1) is 31.8 Å². The Hall–Kier alpha value is -2.21. The number of nitrogens with zero attached hydrogens (tertiary/aromatic N) is 1. The van der Waals surface area contributed by atoms with Crippen LogP contribution in [0.1, 0.15) is 39.2 Å². The zero-order chi connectivity index (χ0) is 25.3. The lowest BCUT2D eigenvalue weighted by Crippen LogP contribution is -2.62. The minimum Gasteiger partial charge on any atom is -0.461 e. The summed E-state index contributed by atoms with van der Waals surface area (Å²) in [6, 6.07) is 6.97. The van der Waals surface area contributed by atoms with E-state index in [-0.39, 0.29) is 25.9 Å². The van der Waals surface area contributed by atoms with E-state index in [2.05, 4.69) is 4.74 Å². The monoisotopic (exact) mass is 489 g/mol. The van der Waals surface area contributed by atoms with Crippen molar-refractivity contribution >= 4 is 5.97 Å². The molecule has 34 heavy (non-hydrogen) atoms. The van der Waals surface area contributed by atoms with Gasteiger partial charge in [0.2, 0.25) is 0 Å². The minimum atomic E-state index is -3.80. The van der Waals surface area contributed by atoms with Crippen molar-refractivity contribution in [2.75, 3.05) is 20.5 Å². The van der Waals surface area contributed by atoms with Gasteiger partial charge in [0, 0.05) is 18.0 Å². The summed E-state index contributed by atoms with van der Waals surface area (Å²) < 4.78 is 58.1. The quantitative estimate of drug-likeness (QED) is 0.179. The highest BCUT2D eigenvalue weighted by molar-refractivity contribution is 5.74. The maximum Gasteiger partial charge on any atom is 0.381 e. The molecule has 1 aromatic rings. The summed E-state index contributed by atoms with van der Waals surface area (Å²) in [6.07, 6.45) is -5.62. The molecular formula is C23H33F2NO8. The molecule has 0 bridgehead atoms. The summed E-state index contributed by atoms with van der Waals surface area (Å²) in [7, 11) is 1.35. The van der Waals surface area contributed by atoms with Crippen LogP contribution in [0.4, 0.5) is 8.78 Å². The van der Waals surface area contributed by atoms with Crippen molar-refractivity contribution < 1.29 is 42.2 Å². The Labute approximate surface area is 197 Å². The second-order valence-electron chi connectivity index (χ2n) is 8.18. The molecule has 6 atom stereocenters. The van der Waals surface area contributed by atoms with Crippen LogP contribution in [0, 0.1) is 16.0 Å². The Bertz CT molecular complexity index is 781. The van der Waals surface area contributed by atoms with Crippen molar-refractivity contribution in [1.29, 1.82) is 0 Å². The number of ether oxygens (including phenoxy) is 5. The lowest BCUT2D eigenvalue weighted by molar-refractivity contribution is -0.517. The highest BCUT2D eigenvalue weighted by Gasteiger charge is 2.58. The SMILES string of the molecule is CCOC(=O)C(CC(F)(F)[C@H]1O[C@H](CC)[C@H](C)[C@H](OCc2ccccc2)[C@H]1OCOC)[N+](=O)[O-]. The molecule has 2 rings (SSSR count). The number of carbonyl (C=O) groups excluding carboxylic acids is 1. The molecule has 0 N–H and O–H groups in total. The molecular weight excluding hydrogens is 456 g/mol. The van der Waals surface area contributed by atoms with E-state index in [0.29, 0.717) is 6.42 Å². The van der Waals surface area contributed by atoms with Gasteiger partial charge in [-0.2, -0.15) is 0 Å². The molecule has 0 aliphatic carbocycles. The Kier molecular flexibility index (Phi) is 10.7. The molecule has 1 aliphatic heterocycles. The third-order valence-electron chi connectivity index (χ3n) is 5.81. The van der Waals surface area contributed by atoms with Gasteiger partial charge >= 0.3 is 12.0 Å². The summed E-state index contributed by atoms with van der Waals surface area (Å²) >= 11 is 0. The van der Waals surface area contributed by atoms with Gasteiger partial charge in [0.15, 0.2) is 6.10 Å². The van der Waals surface area contributed by atoms with E-state index in [4.69, 9.17) is 18.9 Å². The number of hydrogen-bond acceptors (Lipinski definition) is 8. The fraction of sp³-hybridized carbons (Fsp3) is 0.696. The molecule has 0 aromatic heterocycles. The van der Waals surface area contributed by atoms with E-state index in [9.17, 15) is 14.9 Å². The molecule has 1 unspecified atom stereocenters. The maximum absolute atomic E-state index is 15.6. The number of nitro groups is 1. The van der Waals surface area contributed by atoms with E-state index < -0.39 is 53.7 Å². The molecule has 11 heteroatoms. The average Bonchev–Trinajstić information content (AvgIpc) is 2.81. The van der Waals surface area contributed by atoms with E-state index in [1.165, 1.54) is 14.0 Å². The van der Waals surface area contributed by atoms with Gasteiger partial charge in [-0.15, -0.1) is 0 Å². The van der Waals surface area contributed by atoms with E-state index in [0.717, 1.165) is 5.56 Å². The molecule has 192 valence electrons. The number of esters is 1. The normalized spacial score (nSPS) is 26.1. The molecule has 1 fully saturated rings. The van der Waals surface area contributed by atoms with Crippen LogP contribution in [-0.2, 0) is 35.1 Å². The van der Waals surface area contributed by atoms with Gasteiger partial charge in [-0.3, -0.25) is 10.1 Å². The highest BCUT2D eigenvalue weighted by Crippen LogP contribution is 2.41. The summed E-state index contributed by atoms with van der Waals surface area (Å²) in [4.78, 5) is 22.3. The molecule has 0 radical (unpaired) electrons. The van der Waals surface area contributed by atoms with E-state index >= 15 is 8.78 Å². The van der Waals surface area contributed by atoms with Gasteiger partial charge in [0.1, 0.15) is 12.9 Å². The van der Waals surface area contributed by atoms with Crippen LogP contribution in [0.5, 0.6) is 0 Å². The van der Waals surface area contributed by atoms with E-state index in [1.54, 1.807) is 6.92 Å². The van der Waals surface area contributed by atoms with Gasteiger partial charge in [-0.25, -0.2) is 13.6 Å². The molecule has 1 heterocycles. The lowest BCUT2D eigenvalue weighted by atomic mass is 9.83. The zero-order valence-corrected chi connectivity index (χ0v) is 19.9. The number of alkyl halides is 2. The van der Waals surface area contributed by atoms with Crippen LogP contribution in [0.3, 0.4) is 0 Å². The molecule has 9 nitrogen and oxygen atoms in total. The summed E-state index contributed by atoms with van der Waals surface area (Å²) in [5.41, 5.74) is 0.846. The Morgan fingerprint density at radius 2 is 1.88 bits per heavy atom. The largest absolute Gasteiger partial charge is 0.461 e. The highest BCUT2D eigenvalue weighted by atomic mass is 19.3. The molecule has 1 aromatic carbocycles. The lowest BCUT2D eigenvalue weighted by Gasteiger charge is -2.47. The number of methoxy groups -OCH3 is 1. The predicted molar refractivity (Wildman–Crippen MR) is 117 cm³/mol. The first kappa shape index (κ1) is 28.0. The summed E-state index contributed by atoms with van der Waals surface area (Å²) in [5.74, 6) is -5.45. The average molecular weight is 490 g/mol. The van der Waals surface area contributed by atoms with Crippen molar-refractivity contribution in [2.24, 2.45) is 5.92 Å². The molecule has 0 amide bonds. The van der Waals surface area contributed by atoms with Crippen molar-refractivity contribution in [3.05, 3.63) is 46.0 Å². The first-order chi connectivity index (χ1) is 16.2. The number of hydrogen-bond donors (Lipinski definition) is 0. The Balaban J connectivity index is 2.34. The molecule has 1 saturated heterocycles. The Morgan fingerprint density at radius 1 is 1.21 bits per heavy atom. The fourth-order valence-electron chi connectivity index (χ4n) is 4.08. The van der Waals surface area contributed by atoms with Crippen molar-refractivity contribution in [3.63, 3.8) is 0 Å². The van der Waals surface area contributed by atoms with E-state index in [1.807, 2.05) is 37.3 Å². The molecule has 1 aliphatic rings. The second kappa shape index (κ2) is 13.0. The van der Waals surface area contributed by atoms with Crippen LogP contribution in [0.25, 0.3) is 0 Å². The van der Waals surface area contributed by atoms with Crippen LogP contribution < -0.4 is 0 Å². The smallest absolute Gasteiger partial charge is 0.381 e. The number of halogens is 2. The van der Waals surface area contributed by atoms with Crippen molar-refractivity contribution in [1.82, 2.24) is 0 Å². The third kappa shape index (κ3) is 7.14. The van der Waals surface area contributed by atoms with Crippen LogP contribution in [-0.4, -0.2) is 67.8 Å². The molecule has 0 spiro atoms. The van der Waals surface area contributed by atoms with Crippen LogP contribution >= 0.6 is 0 Å². The number of carbonyl (C=O) groups is 1. The predicted octanol–water partition coefficient (Wildman–Crippen LogP) is 3.61. The molecule has 0 saturated carbocycles. The summed E-state index contributed by atoms with van der Waals surface area (Å²) in [5, 5.41) is 11.4. The van der Waals surface area contributed by atoms with Gasteiger partial charge in [0.25, 0.3) is 5.92 Å². The minimum absolute atomic E-state index is 0.151. The van der Waals surface area contributed by atoms with Crippen molar-refractivity contribution in [3.8, 4) is 0 Å². The number of rotatable bonds is 13. The van der Waals surface area contributed by atoms with Crippen LogP contribution in [0.15, 0.2) is 30.3 Å². The topological polar surface area (TPSA) is 106 Å². The standard InChI is InChI=1S/C23H33F2NO8/c1-5-18-15(3)19(32-13-16-10-8-7-9-11-16)20(33-14-30-4)21(34-18)23(24,25)12-17(26(28)29)22(27)31-6-2/h7-11,15,17-21H,5-6,12-14H2,1-4H3/t15-,17?,18+,19-,20+,21-/m0/s1. The van der Waals surface area contributed by atoms with Crippen LogP contribution in [0.2, 0.25) is 0 Å². The fourth-order valence-corrected chi connectivity index (χ4v) is 4.08. The van der Waals surface area contributed by atoms with Gasteiger partial charge in [-0.1, -0.05) is 44.2 Å².